The Balaban J connectivity index is 1.59. The van der Waals surface area contributed by atoms with E-state index in [0.717, 1.165) is 5.75 Å². The summed E-state index contributed by atoms with van der Waals surface area (Å²) in [6, 6.07) is 24.2. The van der Waals surface area contributed by atoms with Crippen LogP contribution in [0, 0.1) is 0 Å². The molecule has 0 aliphatic carbocycles. The van der Waals surface area contributed by atoms with Gasteiger partial charge in [0, 0.05) is 18.1 Å². The molecule has 0 aliphatic rings. The maximum atomic E-state index is 12.0. The largest absolute Gasteiger partial charge is 0.461 e. The molecule has 25 heavy (non-hydrogen) atoms. The van der Waals surface area contributed by atoms with E-state index in [1.54, 1.807) is 30.1 Å². The lowest BCUT2D eigenvalue weighted by Crippen LogP contribution is -2.09. The summed E-state index contributed by atoms with van der Waals surface area (Å²) < 4.78 is 5.35. The lowest BCUT2D eigenvalue weighted by Gasteiger charge is -2.17. The van der Waals surface area contributed by atoms with Crippen LogP contribution < -0.4 is 0 Å². The predicted molar refractivity (Wildman–Crippen MR) is 102 cm³/mol. The van der Waals surface area contributed by atoms with Gasteiger partial charge in [0.25, 0.3) is 0 Å². The number of carbonyl (C=O) groups is 1. The molecule has 0 bridgehead atoms. The quantitative estimate of drug-likeness (QED) is 0.455. The molecular formula is C21H19NO2S. The van der Waals surface area contributed by atoms with E-state index in [-0.39, 0.29) is 11.2 Å². The van der Waals surface area contributed by atoms with Gasteiger partial charge in [-0.05, 0) is 23.3 Å². The normalized spacial score (nSPS) is 10.6. The van der Waals surface area contributed by atoms with Crippen molar-refractivity contribution in [2.75, 3.05) is 12.4 Å². The number of thioether (sulfide) groups is 1. The number of rotatable bonds is 7. The zero-order chi connectivity index (χ0) is 17.3. The number of benzene rings is 2. The summed E-state index contributed by atoms with van der Waals surface area (Å²) in [5.74, 6) is 0.394. The molecule has 1 aromatic heterocycles. The number of hydrogen-bond donors (Lipinski definition) is 0. The molecule has 0 amide bonds. The van der Waals surface area contributed by atoms with Crippen molar-refractivity contribution in [1.29, 1.82) is 0 Å². The van der Waals surface area contributed by atoms with E-state index >= 15 is 0 Å². The van der Waals surface area contributed by atoms with Gasteiger partial charge in [0.1, 0.15) is 6.61 Å². The van der Waals surface area contributed by atoms with Gasteiger partial charge in [-0.1, -0.05) is 60.7 Å². The van der Waals surface area contributed by atoms with Crippen LogP contribution in [0.2, 0.25) is 0 Å². The Morgan fingerprint density at radius 3 is 2.12 bits per heavy atom. The molecule has 0 atom stereocenters. The molecule has 1 heterocycles. The fraction of sp³-hybridized carbons (Fsp3) is 0.143. The number of nitrogens with zero attached hydrogens (tertiary/aromatic N) is 1. The van der Waals surface area contributed by atoms with Crippen LogP contribution in [-0.4, -0.2) is 23.3 Å². The monoisotopic (exact) mass is 349 g/mol. The Bertz CT molecular complexity index is 739. The van der Waals surface area contributed by atoms with Gasteiger partial charge in [-0.25, -0.2) is 4.79 Å². The Morgan fingerprint density at radius 2 is 1.56 bits per heavy atom. The van der Waals surface area contributed by atoms with Crippen molar-refractivity contribution < 1.29 is 9.53 Å². The van der Waals surface area contributed by atoms with Gasteiger partial charge in [-0.15, -0.1) is 11.8 Å². The van der Waals surface area contributed by atoms with E-state index in [1.807, 2.05) is 36.4 Å². The van der Waals surface area contributed by atoms with Crippen molar-refractivity contribution in [2.45, 2.75) is 5.25 Å². The minimum absolute atomic E-state index is 0.222. The molecule has 0 saturated carbocycles. The number of esters is 1. The third kappa shape index (κ3) is 4.94. The summed E-state index contributed by atoms with van der Waals surface area (Å²) in [5.41, 5.74) is 2.98. The summed E-state index contributed by atoms with van der Waals surface area (Å²) in [5, 5.41) is 0.222. The highest BCUT2D eigenvalue weighted by atomic mass is 32.2. The van der Waals surface area contributed by atoms with Crippen LogP contribution in [0.5, 0.6) is 0 Å². The number of aromatic nitrogens is 1. The van der Waals surface area contributed by atoms with Crippen molar-refractivity contribution in [2.24, 2.45) is 0 Å². The van der Waals surface area contributed by atoms with Crippen LogP contribution in [-0.2, 0) is 4.74 Å². The summed E-state index contributed by atoms with van der Waals surface area (Å²) in [6.45, 7) is 0.370. The first-order valence-electron chi connectivity index (χ1n) is 8.13. The Hall–Kier alpha value is -2.59. The molecule has 3 nitrogen and oxygen atoms in total. The van der Waals surface area contributed by atoms with Crippen molar-refractivity contribution in [3.05, 3.63) is 102 Å². The van der Waals surface area contributed by atoms with E-state index in [4.69, 9.17) is 4.74 Å². The second-order valence-corrected chi connectivity index (χ2v) is 6.66. The summed E-state index contributed by atoms with van der Waals surface area (Å²) >= 11 is 1.77. The fourth-order valence-electron chi connectivity index (χ4n) is 2.51. The third-order valence-corrected chi connectivity index (χ3v) is 4.98. The minimum atomic E-state index is -0.329. The standard InChI is InChI=1S/C21H19NO2S/c23-21(19-12-7-13-22-16-19)24-14-15-25-20(17-8-3-1-4-9-17)18-10-5-2-6-11-18/h1-13,16,20H,14-15H2. The topological polar surface area (TPSA) is 39.2 Å². The van der Waals surface area contributed by atoms with Crippen LogP contribution in [0.25, 0.3) is 0 Å². The second-order valence-electron chi connectivity index (χ2n) is 5.45. The zero-order valence-electron chi connectivity index (χ0n) is 13.7. The molecule has 2 aromatic carbocycles. The molecule has 0 fully saturated rings. The van der Waals surface area contributed by atoms with Crippen molar-refractivity contribution in [3.63, 3.8) is 0 Å². The molecule has 0 saturated heterocycles. The molecule has 126 valence electrons. The highest BCUT2D eigenvalue weighted by Crippen LogP contribution is 2.35. The van der Waals surface area contributed by atoms with Gasteiger partial charge in [0.05, 0.1) is 10.8 Å². The first-order chi connectivity index (χ1) is 12.3. The van der Waals surface area contributed by atoms with Crippen LogP contribution in [0.3, 0.4) is 0 Å². The zero-order valence-corrected chi connectivity index (χ0v) is 14.6. The average molecular weight is 349 g/mol. The van der Waals surface area contributed by atoms with Gasteiger partial charge >= 0.3 is 5.97 Å². The smallest absolute Gasteiger partial charge is 0.339 e. The summed E-state index contributed by atoms with van der Waals surface area (Å²) in [7, 11) is 0. The second kappa shape index (κ2) is 9.04. The third-order valence-electron chi connectivity index (χ3n) is 3.70. The van der Waals surface area contributed by atoms with E-state index in [2.05, 4.69) is 29.2 Å². The highest BCUT2D eigenvalue weighted by Gasteiger charge is 2.14. The number of carbonyl (C=O) groups excluding carboxylic acids is 1. The predicted octanol–water partition coefficient (Wildman–Crippen LogP) is 4.76. The van der Waals surface area contributed by atoms with Gasteiger partial charge in [-0.2, -0.15) is 0 Å². The number of pyridine rings is 1. The molecule has 0 radical (unpaired) electrons. The SMILES string of the molecule is O=C(OCCSC(c1ccccc1)c1ccccc1)c1cccnc1. The van der Waals surface area contributed by atoms with Gasteiger partial charge in [0.15, 0.2) is 0 Å². The van der Waals surface area contributed by atoms with Crippen LogP contribution >= 0.6 is 11.8 Å². The molecule has 4 heteroatoms. The molecular weight excluding hydrogens is 330 g/mol. The maximum absolute atomic E-state index is 12.0. The van der Waals surface area contributed by atoms with E-state index in [9.17, 15) is 4.79 Å². The molecule has 3 aromatic rings. The van der Waals surface area contributed by atoms with Crippen LogP contribution in [0.1, 0.15) is 26.7 Å². The lowest BCUT2D eigenvalue weighted by molar-refractivity contribution is 0.0530. The first-order valence-corrected chi connectivity index (χ1v) is 9.18. The van der Waals surface area contributed by atoms with Gasteiger partial charge in [0.2, 0.25) is 0 Å². The van der Waals surface area contributed by atoms with E-state index < -0.39 is 0 Å². The highest BCUT2D eigenvalue weighted by molar-refractivity contribution is 7.99. The molecule has 3 rings (SSSR count). The van der Waals surface area contributed by atoms with Crippen molar-refractivity contribution >= 4 is 17.7 Å². The van der Waals surface area contributed by atoms with Gasteiger partial charge in [-0.3, -0.25) is 4.98 Å². The van der Waals surface area contributed by atoms with E-state index in [0.29, 0.717) is 12.2 Å². The Morgan fingerprint density at radius 1 is 0.920 bits per heavy atom. The molecule has 0 aliphatic heterocycles. The van der Waals surface area contributed by atoms with Crippen LogP contribution in [0.4, 0.5) is 0 Å². The summed E-state index contributed by atoms with van der Waals surface area (Å²) in [6.07, 6.45) is 3.16. The lowest BCUT2D eigenvalue weighted by atomic mass is 10.0. The van der Waals surface area contributed by atoms with Crippen molar-refractivity contribution in [1.82, 2.24) is 4.98 Å². The number of ether oxygens (including phenoxy) is 1. The Labute approximate surface area is 152 Å². The van der Waals surface area contributed by atoms with Gasteiger partial charge < -0.3 is 4.74 Å². The van der Waals surface area contributed by atoms with Crippen molar-refractivity contribution in [3.8, 4) is 0 Å². The van der Waals surface area contributed by atoms with Crippen LogP contribution in [0.15, 0.2) is 85.2 Å². The average Bonchev–Trinajstić information content (AvgIpc) is 2.70. The summed E-state index contributed by atoms with van der Waals surface area (Å²) in [4.78, 5) is 15.9. The minimum Gasteiger partial charge on any atom is -0.461 e. The maximum Gasteiger partial charge on any atom is 0.339 e. The number of hydrogen-bond acceptors (Lipinski definition) is 4. The molecule has 0 unspecified atom stereocenters. The Kier molecular flexibility index (Phi) is 6.23. The first kappa shape index (κ1) is 17.2. The molecule has 0 spiro atoms. The molecule has 0 N–H and O–H groups in total. The van der Waals surface area contributed by atoms with E-state index in [1.165, 1.54) is 17.3 Å². The fourth-order valence-corrected chi connectivity index (χ4v) is 3.62.